The Morgan fingerprint density at radius 2 is 0.923 bits per heavy atom. The maximum atomic E-state index is 12.7. The van der Waals surface area contributed by atoms with Crippen molar-refractivity contribution < 1.29 is 24.2 Å². The number of carbonyl (C=O) groups excluding carboxylic acids is 2. The summed E-state index contributed by atoms with van der Waals surface area (Å²) in [5.41, 5.74) is 0. The highest BCUT2D eigenvalue weighted by molar-refractivity contribution is 5.69. The van der Waals surface area contributed by atoms with Gasteiger partial charge in [0.2, 0.25) is 0 Å². The lowest BCUT2D eigenvalue weighted by atomic mass is 10.0. The van der Waals surface area contributed by atoms with Crippen LogP contribution in [0.15, 0.2) is 0 Å². The molecule has 0 spiro atoms. The molecule has 0 saturated carbocycles. The van der Waals surface area contributed by atoms with Gasteiger partial charge in [0.1, 0.15) is 6.10 Å². The molecule has 0 amide bonds. The molecule has 0 aromatic heterocycles. The first kappa shape index (κ1) is 50.4. The number of aliphatic hydroxyl groups excluding tert-OH is 1. The molecule has 0 rings (SSSR count). The number of aliphatic hydroxyl groups is 1. The van der Waals surface area contributed by atoms with Crippen molar-refractivity contribution in [3.63, 3.8) is 0 Å². The van der Waals surface area contributed by atoms with Crippen molar-refractivity contribution in [2.24, 2.45) is 0 Å². The van der Waals surface area contributed by atoms with Gasteiger partial charge < -0.3 is 19.5 Å². The van der Waals surface area contributed by atoms with Gasteiger partial charge in [0.25, 0.3) is 0 Å². The first-order valence-corrected chi connectivity index (χ1v) is 22.7. The summed E-state index contributed by atoms with van der Waals surface area (Å²) in [6.07, 6.45) is 36.7. The molecule has 0 aliphatic heterocycles. The predicted octanol–water partition coefficient (Wildman–Crippen LogP) is 12.7. The Morgan fingerprint density at radius 3 is 1.44 bits per heavy atom. The van der Waals surface area contributed by atoms with Crippen LogP contribution in [0.2, 0.25) is 0 Å². The van der Waals surface area contributed by atoms with Gasteiger partial charge in [-0.15, -0.1) is 11.8 Å². The van der Waals surface area contributed by atoms with Crippen LogP contribution < -0.4 is 0 Å². The van der Waals surface area contributed by atoms with Crippen molar-refractivity contribution in [3.05, 3.63) is 0 Å². The maximum absolute atomic E-state index is 12.7. The van der Waals surface area contributed by atoms with Crippen molar-refractivity contribution in [1.29, 1.82) is 0 Å². The Kier molecular flexibility index (Phi) is 40.9. The number of nitrogens with zero attached hydrogens (tertiary/aromatic N) is 1. The zero-order chi connectivity index (χ0) is 38.0. The summed E-state index contributed by atoms with van der Waals surface area (Å²) in [6, 6.07) is 0. The molecule has 52 heavy (non-hydrogen) atoms. The molecule has 0 heterocycles. The highest BCUT2D eigenvalue weighted by Crippen LogP contribution is 2.18. The van der Waals surface area contributed by atoms with Crippen molar-refractivity contribution in [2.45, 2.75) is 239 Å². The fourth-order valence-corrected chi connectivity index (χ4v) is 6.73. The Labute approximate surface area is 323 Å². The van der Waals surface area contributed by atoms with Gasteiger partial charge in [0.05, 0.1) is 6.61 Å². The van der Waals surface area contributed by atoms with Crippen molar-refractivity contribution in [3.8, 4) is 11.8 Å². The summed E-state index contributed by atoms with van der Waals surface area (Å²) in [7, 11) is 0. The van der Waals surface area contributed by atoms with Gasteiger partial charge >= 0.3 is 11.9 Å². The topological polar surface area (TPSA) is 76.1 Å². The minimum atomic E-state index is -0.0693. The Morgan fingerprint density at radius 1 is 0.500 bits per heavy atom. The summed E-state index contributed by atoms with van der Waals surface area (Å²) in [4.78, 5) is 27.3. The van der Waals surface area contributed by atoms with Gasteiger partial charge in [-0.1, -0.05) is 130 Å². The second-order valence-electron chi connectivity index (χ2n) is 15.3. The molecule has 0 bridgehead atoms. The third-order valence-electron chi connectivity index (χ3n) is 10.1. The van der Waals surface area contributed by atoms with E-state index in [9.17, 15) is 14.7 Å². The molecule has 1 N–H and O–H groups in total. The lowest BCUT2D eigenvalue weighted by Gasteiger charge is -2.22. The van der Waals surface area contributed by atoms with E-state index in [0.29, 0.717) is 19.4 Å². The quantitative estimate of drug-likeness (QED) is 0.0384. The Hall–Kier alpha value is -1.58. The molecular formula is C46H87NO5. The van der Waals surface area contributed by atoms with Crippen LogP contribution in [0.4, 0.5) is 0 Å². The highest BCUT2D eigenvalue weighted by Gasteiger charge is 2.14. The minimum Gasteiger partial charge on any atom is -0.466 e. The number of rotatable bonds is 40. The average molecular weight is 734 g/mol. The number of hydrogen-bond donors (Lipinski definition) is 1. The van der Waals surface area contributed by atoms with E-state index >= 15 is 0 Å². The molecule has 0 aliphatic rings. The van der Waals surface area contributed by atoms with E-state index in [2.05, 4.69) is 37.5 Å². The monoisotopic (exact) mass is 734 g/mol. The summed E-state index contributed by atoms with van der Waals surface area (Å²) < 4.78 is 11.4. The second-order valence-corrected chi connectivity index (χ2v) is 15.3. The van der Waals surface area contributed by atoms with Crippen LogP contribution in [0.25, 0.3) is 0 Å². The molecule has 0 atom stereocenters. The Bertz CT molecular complexity index is 805. The molecule has 6 nitrogen and oxygen atoms in total. The summed E-state index contributed by atoms with van der Waals surface area (Å²) in [5, 5.41) is 9.27. The fraction of sp³-hybridized carbons (Fsp3) is 0.913. The molecule has 0 aromatic carbocycles. The van der Waals surface area contributed by atoms with Crippen LogP contribution in [-0.4, -0.2) is 60.9 Å². The summed E-state index contributed by atoms with van der Waals surface area (Å²) in [5.74, 6) is 6.29. The van der Waals surface area contributed by atoms with Crippen LogP contribution in [0, 0.1) is 11.8 Å². The number of hydrogen-bond acceptors (Lipinski definition) is 6. The zero-order valence-electron chi connectivity index (χ0n) is 35.0. The average Bonchev–Trinajstić information content (AvgIpc) is 3.14. The first-order chi connectivity index (χ1) is 25.6. The molecule has 306 valence electrons. The van der Waals surface area contributed by atoms with Crippen molar-refractivity contribution >= 4 is 11.9 Å². The lowest BCUT2D eigenvalue weighted by molar-refractivity contribution is -0.150. The number of esters is 2. The molecule has 0 radical (unpaired) electrons. The second kappa shape index (κ2) is 42.2. The van der Waals surface area contributed by atoms with Crippen LogP contribution in [0.5, 0.6) is 0 Å². The van der Waals surface area contributed by atoms with Crippen LogP contribution in [0.3, 0.4) is 0 Å². The van der Waals surface area contributed by atoms with E-state index in [1.807, 2.05) is 0 Å². The number of carbonyl (C=O) groups is 2. The molecule has 0 fully saturated rings. The van der Waals surface area contributed by atoms with E-state index in [0.717, 1.165) is 103 Å². The van der Waals surface area contributed by atoms with E-state index in [1.54, 1.807) is 0 Å². The molecular weight excluding hydrogens is 647 g/mol. The van der Waals surface area contributed by atoms with Crippen LogP contribution >= 0.6 is 0 Å². The molecule has 0 unspecified atom stereocenters. The van der Waals surface area contributed by atoms with Gasteiger partial charge in [-0.2, -0.15) is 0 Å². The van der Waals surface area contributed by atoms with Gasteiger partial charge in [0.15, 0.2) is 0 Å². The largest absolute Gasteiger partial charge is 0.466 e. The normalized spacial score (nSPS) is 11.3. The minimum absolute atomic E-state index is 0.0199. The zero-order valence-corrected chi connectivity index (χ0v) is 35.0. The van der Waals surface area contributed by atoms with Gasteiger partial charge in [-0.05, 0) is 96.7 Å². The summed E-state index contributed by atoms with van der Waals surface area (Å²) >= 11 is 0. The molecule has 0 saturated heterocycles. The predicted molar refractivity (Wildman–Crippen MR) is 222 cm³/mol. The SMILES string of the molecule is CCCCC#CCCCOC(=O)CCCCCCCN(CCCCO)CCCCCCCC(=O)OC(CCCCCCCC)CCCCCCCC. The Balaban J connectivity index is 4.12. The van der Waals surface area contributed by atoms with E-state index in [-0.39, 0.29) is 24.6 Å². The standard InChI is InChI=1S/C46H87NO5/c1-4-7-10-13-16-25-34-43-51-45(49)37-28-21-17-23-30-39-47(41-32-33-42-48)40-31-24-18-22-29-38-46(50)52-44(35-26-19-14-11-8-5-2)36-27-20-15-12-9-6-3/h44,48H,4-12,14-15,17-43H2,1-3H3. The van der Waals surface area contributed by atoms with Gasteiger partial charge in [-0.3, -0.25) is 9.59 Å². The first-order valence-electron chi connectivity index (χ1n) is 22.7. The number of unbranched alkanes of at least 4 members (excludes halogenated alkanes) is 22. The van der Waals surface area contributed by atoms with Gasteiger partial charge in [0, 0.05) is 32.3 Å². The lowest BCUT2D eigenvalue weighted by Crippen LogP contribution is -2.27. The molecule has 0 aliphatic carbocycles. The smallest absolute Gasteiger partial charge is 0.306 e. The third-order valence-corrected chi connectivity index (χ3v) is 10.1. The van der Waals surface area contributed by atoms with Crippen molar-refractivity contribution in [1.82, 2.24) is 4.90 Å². The number of ether oxygens (including phenoxy) is 2. The van der Waals surface area contributed by atoms with E-state index < -0.39 is 0 Å². The van der Waals surface area contributed by atoms with Crippen LogP contribution in [-0.2, 0) is 19.1 Å². The molecule has 0 aromatic rings. The molecule has 6 heteroatoms. The van der Waals surface area contributed by atoms with E-state index in [4.69, 9.17) is 9.47 Å². The maximum Gasteiger partial charge on any atom is 0.306 e. The third kappa shape index (κ3) is 38.2. The summed E-state index contributed by atoms with van der Waals surface area (Å²) in [6.45, 7) is 10.7. The fourth-order valence-electron chi connectivity index (χ4n) is 6.73. The highest BCUT2D eigenvalue weighted by atomic mass is 16.5. The van der Waals surface area contributed by atoms with Crippen molar-refractivity contribution in [2.75, 3.05) is 32.8 Å². The van der Waals surface area contributed by atoms with Crippen LogP contribution in [0.1, 0.15) is 233 Å². The van der Waals surface area contributed by atoms with Gasteiger partial charge in [-0.25, -0.2) is 0 Å². The van der Waals surface area contributed by atoms with E-state index in [1.165, 1.54) is 116 Å².